The second-order valence-corrected chi connectivity index (χ2v) is 8.89. The van der Waals surface area contributed by atoms with Crippen molar-refractivity contribution < 1.29 is 4.79 Å². The van der Waals surface area contributed by atoms with Crippen LogP contribution in [-0.2, 0) is 7.05 Å². The number of pyridine rings is 1. The summed E-state index contributed by atoms with van der Waals surface area (Å²) in [4.78, 5) is 29.4. The summed E-state index contributed by atoms with van der Waals surface area (Å²) in [5.41, 5.74) is 3.12. The van der Waals surface area contributed by atoms with Crippen LogP contribution < -0.4 is 10.9 Å². The molecule has 0 saturated carbocycles. The predicted molar refractivity (Wildman–Crippen MR) is 108 cm³/mol. The number of thioether (sulfide) groups is 2. The summed E-state index contributed by atoms with van der Waals surface area (Å²) in [5, 5.41) is 5.91. The largest absolute Gasteiger partial charge is 0.322 e. The summed E-state index contributed by atoms with van der Waals surface area (Å²) in [7, 11) is 1.71. The minimum Gasteiger partial charge on any atom is -0.322 e. The van der Waals surface area contributed by atoms with E-state index in [1.165, 1.54) is 10.2 Å². The van der Waals surface area contributed by atoms with E-state index in [0.717, 1.165) is 17.2 Å². The lowest BCUT2D eigenvalue weighted by Gasteiger charge is -2.11. The number of aryl methyl sites for hydroxylation is 2. The number of aromatic amines is 1. The first-order chi connectivity index (χ1) is 12.5. The van der Waals surface area contributed by atoms with Crippen LogP contribution in [0.1, 0.15) is 26.2 Å². The summed E-state index contributed by atoms with van der Waals surface area (Å²) >= 11 is 3.84. The summed E-state index contributed by atoms with van der Waals surface area (Å²) in [6, 6.07) is 9.56. The third kappa shape index (κ3) is 3.14. The van der Waals surface area contributed by atoms with Gasteiger partial charge in [0.25, 0.3) is 11.5 Å². The second kappa shape index (κ2) is 6.85. The maximum absolute atomic E-state index is 12.9. The van der Waals surface area contributed by atoms with Gasteiger partial charge in [-0.1, -0.05) is 12.1 Å². The van der Waals surface area contributed by atoms with Crippen molar-refractivity contribution in [2.24, 2.45) is 7.05 Å². The van der Waals surface area contributed by atoms with Gasteiger partial charge in [-0.05, 0) is 30.7 Å². The molecule has 1 amide bonds. The molecule has 0 spiro atoms. The van der Waals surface area contributed by atoms with Crippen molar-refractivity contribution in [2.75, 3.05) is 16.8 Å². The number of anilines is 1. The summed E-state index contributed by atoms with van der Waals surface area (Å²) in [6.45, 7) is 1.81. The Morgan fingerprint density at radius 3 is 2.85 bits per heavy atom. The lowest BCUT2D eigenvalue weighted by Crippen LogP contribution is -2.15. The van der Waals surface area contributed by atoms with Gasteiger partial charge in [-0.3, -0.25) is 19.4 Å². The number of carbonyl (C=O) groups is 1. The van der Waals surface area contributed by atoms with E-state index >= 15 is 0 Å². The molecule has 1 aromatic carbocycles. The van der Waals surface area contributed by atoms with Gasteiger partial charge in [-0.2, -0.15) is 0 Å². The van der Waals surface area contributed by atoms with Gasteiger partial charge >= 0.3 is 0 Å². The van der Waals surface area contributed by atoms with Crippen molar-refractivity contribution in [3.63, 3.8) is 0 Å². The zero-order valence-electron chi connectivity index (χ0n) is 14.4. The van der Waals surface area contributed by atoms with Gasteiger partial charge in [-0.25, -0.2) is 4.98 Å². The summed E-state index contributed by atoms with van der Waals surface area (Å²) < 4.78 is 1.95. The van der Waals surface area contributed by atoms with Crippen LogP contribution in [-0.4, -0.2) is 32.2 Å². The number of rotatable bonds is 3. The molecule has 6 nitrogen and oxygen atoms in total. The second-order valence-electron chi connectivity index (χ2n) is 6.16. The lowest BCUT2D eigenvalue weighted by atomic mass is 10.1. The van der Waals surface area contributed by atoms with Crippen LogP contribution in [0.15, 0.2) is 35.1 Å². The highest BCUT2D eigenvalue weighted by Crippen LogP contribution is 2.45. The number of nitrogens with zero attached hydrogens (tertiary/aromatic N) is 2. The molecule has 1 saturated heterocycles. The van der Waals surface area contributed by atoms with Crippen molar-refractivity contribution in [3.05, 3.63) is 57.5 Å². The Labute approximate surface area is 158 Å². The number of aromatic nitrogens is 3. The Kier molecular flexibility index (Phi) is 4.54. The topological polar surface area (TPSA) is 79.8 Å². The molecule has 0 unspecified atom stereocenters. The maximum Gasteiger partial charge on any atom is 0.274 e. The average molecular weight is 387 g/mol. The molecule has 1 fully saturated rings. The zero-order chi connectivity index (χ0) is 18.3. The fourth-order valence-corrected chi connectivity index (χ4v) is 5.91. The van der Waals surface area contributed by atoms with E-state index in [9.17, 15) is 9.59 Å². The van der Waals surface area contributed by atoms with Gasteiger partial charge in [0, 0.05) is 29.9 Å². The summed E-state index contributed by atoms with van der Waals surface area (Å²) in [5.74, 6) is 2.00. The molecule has 0 bridgehead atoms. The first-order valence-electron chi connectivity index (χ1n) is 8.24. The number of benzene rings is 1. The van der Waals surface area contributed by atoms with Crippen molar-refractivity contribution in [2.45, 2.75) is 11.5 Å². The van der Waals surface area contributed by atoms with Gasteiger partial charge in [0.05, 0.1) is 15.5 Å². The first-order valence-corrected chi connectivity index (χ1v) is 10.3. The molecule has 1 aliphatic heterocycles. The minimum absolute atomic E-state index is 0.305. The number of carbonyl (C=O) groups excluding carboxylic acids is 1. The van der Waals surface area contributed by atoms with E-state index in [1.807, 2.05) is 48.6 Å². The molecule has 26 heavy (non-hydrogen) atoms. The van der Waals surface area contributed by atoms with Gasteiger partial charge < -0.3 is 5.32 Å². The van der Waals surface area contributed by atoms with Crippen molar-refractivity contribution >= 4 is 46.2 Å². The number of nitrogens with one attached hydrogen (secondary N) is 2. The van der Waals surface area contributed by atoms with E-state index in [2.05, 4.69) is 21.5 Å². The molecular formula is C18H18N4O2S2. The standard InChI is InChI=1S/C18H18N4O2S2/c1-10-8-13(14-15(19-10)22(2)21-17(14)24)16(23)20-12-5-3-4-11(9-12)18-25-6-7-26-18/h3-5,8-9,18H,6-7H2,1-2H3,(H,20,23)(H,21,24). The van der Waals surface area contributed by atoms with Crippen molar-refractivity contribution in [3.8, 4) is 0 Å². The Bertz CT molecular complexity index is 1050. The van der Waals surface area contributed by atoms with Crippen molar-refractivity contribution in [1.29, 1.82) is 0 Å². The van der Waals surface area contributed by atoms with Crippen LogP contribution in [0.3, 0.4) is 0 Å². The molecular weight excluding hydrogens is 368 g/mol. The highest BCUT2D eigenvalue weighted by Gasteiger charge is 2.20. The predicted octanol–water partition coefficient (Wildman–Crippen LogP) is 3.30. The van der Waals surface area contributed by atoms with E-state index in [-0.39, 0.29) is 11.5 Å². The Morgan fingerprint density at radius 2 is 2.08 bits per heavy atom. The molecule has 0 aliphatic carbocycles. The molecule has 8 heteroatoms. The third-order valence-electron chi connectivity index (χ3n) is 4.23. The number of fused-ring (bicyclic) bond motifs is 1. The zero-order valence-corrected chi connectivity index (χ0v) is 16.0. The highest BCUT2D eigenvalue weighted by molar-refractivity contribution is 8.19. The minimum atomic E-state index is -0.312. The molecule has 3 heterocycles. The normalized spacial score (nSPS) is 14.8. The molecule has 3 aromatic rings. The van der Waals surface area contributed by atoms with Gasteiger partial charge in [0.1, 0.15) is 0 Å². The highest BCUT2D eigenvalue weighted by atomic mass is 32.2. The van der Waals surface area contributed by atoms with Crippen LogP contribution in [0.5, 0.6) is 0 Å². The molecule has 0 atom stereocenters. The monoisotopic (exact) mass is 386 g/mol. The third-order valence-corrected chi connectivity index (χ3v) is 7.33. The van der Waals surface area contributed by atoms with E-state index in [0.29, 0.717) is 26.9 Å². The smallest absolute Gasteiger partial charge is 0.274 e. The number of amides is 1. The fraction of sp³-hybridized carbons (Fsp3) is 0.278. The van der Waals surface area contributed by atoms with Gasteiger partial charge in [0.2, 0.25) is 0 Å². The quantitative estimate of drug-likeness (QED) is 0.722. The molecule has 134 valence electrons. The van der Waals surface area contributed by atoms with E-state index in [4.69, 9.17) is 0 Å². The van der Waals surface area contributed by atoms with Crippen LogP contribution in [0.4, 0.5) is 5.69 Å². The van der Waals surface area contributed by atoms with E-state index in [1.54, 1.807) is 13.1 Å². The lowest BCUT2D eigenvalue weighted by molar-refractivity contribution is 0.102. The van der Waals surface area contributed by atoms with Gasteiger partial charge in [0.15, 0.2) is 5.65 Å². The molecule has 2 aromatic heterocycles. The average Bonchev–Trinajstić information content (AvgIpc) is 3.24. The van der Waals surface area contributed by atoms with Crippen LogP contribution in [0.25, 0.3) is 11.0 Å². The van der Waals surface area contributed by atoms with Crippen LogP contribution in [0, 0.1) is 6.92 Å². The maximum atomic E-state index is 12.9. The Hall–Kier alpha value is -2.19. The van der Waals surface area contributed by atoms with Gasteiger partial charge in [-0.15, -0.1) is 23.5 Å². The Balaban J connectivity index is 1.68. The number of H-pyrrole nitrogens is 1. The molecule has 1 aliphatic rings. The molecule has 2 N–H and O–H groups in total. The van der Waals surface area contributed by atoms with Crippen molar-refractivity contribution in [1.82, 2.24) is 14.8 Å². The number of hydrogen-bond donors (Lipinski definition) is 2. The number of hydrogen-bond acceptors (Lipinski definition) is 5. The van der Waals surface area contributed by atoms with E-state index < -0.39 is 0 Å². The first kappa shape index (κ1) is 17.2. The SMILES string of the molecule is Cc1cc(C(=O)Nc2cccc(C3SCCS3)c2)c2c(=O)[nH]n(C)c2n1. The molecule has 4 rings (SSSR count). The fourth-order valence-electron chi connectivity index (χ4n) is 3.08. The van der Waals surface area contributed by atoms with Crippen LogP contribution in [0.2, 0.25) is 0 Å². The molecule has 0 radical (unpaired) electrons. The summed E-state index contributed by atoms with van der Waals surface area (Å²) in [6.07, 6.45) is 0. The van der Waals surface area contributed by atoms with Crippen LogP contribution >= 0.6 is 23.5 Å². The Morgan fingerprint density at radius 1 is 1.31 bits per heavy atom.